The van der Waals surface area contributed by atoms with E-state index in [1.807, 2.05) is 22.7 Å². The third-order valence-electron chi connectivity index (χ3n) is 7.16. The normalized spacial score (nSPS) is 12.0. The molecule has 0 nitrogen and oxygen atoms in total. The van der Waals surface area contributed by atoms with E-state index in [9.17, 15) is 0 Å². The van der Waals surface area contributed by atoms with E-state index in [-0.39, 0.29) is 0 Å². The molecule has 0 fully saturated rings. The number of thiophene rings is 2. The van der Waals surface area contributed by atoms with Gasteiger partial charge in [-0.2, -0.15) is 0 Å². The predicted octanol–water partition coefficient (Wildman–Crippen LogP) is 10.8. The Kier molecular flexibility index (Phi) is 7.12. The molecule has 3 aromatic heterocycles. The molecule has 0 aliphatic rings. The molecule has 35 heavy (non-hydrogen) atoms. The molecule has 0 unspecified atom stereocenters. The van der Waals surface area contributed by atoms with Crippen molar-refractivity contribution in [3.63, 3.8) is 0 Å². The number of aryl methyl sites for hydroxylation is 1. The second kappa shape index (κ2) is 10.6. The molecule has 3 heteroatoms. The Morgan fingerprint density at radius 2 is 1.34 bits per heavy atom. The van der Waals surface area contributed by atoms with Gasteiger partial charge in [-0.05, 0) is 0 Å². The second-order valence-corrected chi connectivity index (χ2v) is 14.2. The maximum absolute atomic E-state index is 2.45. The Labute approximate surface area is 222 Å². The molecule has 178 valence electrons. The zero-order valence-electron chi connectivity index (χ0n) is 20.4. The van der Waals surface area contributed by atoms with E-state index < -0.39 is 0 Å². The first kappa shape index (κ1) is 23.5. The molecule has 6 aromatic rings. The molecule has 0 amide bonds. The quantitative estimate of drug-likeness (QED) is 0.0890. The van der Waals surface area contributed by atoms with Gasteiger partial charge in [0.25, 0.3) is 0 Å². The summed E-state index contributed by atoms with van der Waals surface area (Å²) >= 11 is 4.27. The number of unbranched alkanes of at least 4 members (excludes halogenated alkanes) is 7. The Hall–Kier alpha value is -1.90. The van der Waals surface area contributed by atoms with Crippen LogP contribution in [0.3, 0.4) is 0 Å². The van der Waals surface area contributed by atoms with Gasteiger partial charge in [0.15, 0.2) is 0 Å². The van der Waals surface area contributed by atoms with Gasteiger partial charge in [-0.15, -0.1) is 0 Å². The summed E-state index contributed by atoms with van der Waals surface area (Å²) < 4.78 is 4.49. The van der Waals surface area contributed by atoms with Gasteiger partial charge in [-0.1, -0.05) is 45.4 Å². The van der Waals surface area contributed by atoms with E-state index >= 15 is 0 Å². The van der Waals surface area contributed by atoms with Crippen LogP contribution in [0.4, 0.5) is 0 Å². The van der Waals surface area contributed by atoms with Gasteiger partial charge >= 0.3 is 178 Å². The average molecular weight is 560 g/mol. The Morgan fingerprint density at radius 3 is 2.11 bits per heavy atom. The molecule has 3 aromatic carbocycles. The van der Waals surface area contributed by atoms with Gasteiger partial charge in [0.1, 0.15) is 0 Å². The van der Waals surface area contributed by atoms with Crippen molar-refractivity contribution in [2.45, 2.75) is 64.7 Å². The molecule has 0 saturated carbocycles. The molecular weight excluding hydrogens is 527 g/mol. The first-order chi connectivity index (χ1) is 17.3. The molecule has 0 aliphatic heterocycles. The summed E-state index contributed by atoms with van der Waals surface area (Å²) in [5.41, 5.74) is 0. The van der Waals surface area contributed by atoms with Gasteiger partial charge in [0, 0.05) is 0 Å². The monoisotopic (exact) mass is 560 g/mol. The number of rotatable bonds is 10. The van der Waals surface area contributed by atoms with Crippen molar-refractivity contribution in [2.75, 3.05) is 0 Å². The van der Waals surface area contributed by atoms with E-state index in [2.05, 4.69) is 73.0 Å². The molecule has 0 bridgehead atoms. The topological polar surface area (TPSA) is 0 Å². The van der Waals surface area contributed by atoms with Crippen LogP contribution in [0.15, 0.2) is 66.0 Å². The summed E-state index contributed by atoms with van der Waals surface area (Å²) in [6, 6.07) is 23.8. The van der Waals surface area contributed by atoms with E-state index in [4.69, 9.17) is 0 Å². The summed E-state index contributed by atoms with van der Waals surface area (Å²) in [6.45, 7) is 2.29. The standard InChI is InChI=1S/C32H32S2Se/c1-2-3-4-5-6-7-8-9-11-28-18-26-16-22-15-25-20-31-27(21-32(35-31)29-12-10-13-33-29)17-23(25)14-24(22)19-30(26)34-28/h10,12-21H,2-9,11H2,1H3. The van der Waals surface area contributed by atoms with Crippen LogP contribution < -0.4 is 0 Å². The summed E-state index contributed by atoms with van der Waals surface area (Å²) in [7, 11) is 0. The predicted molar refractivity (Wildman–Crippen MR) is 161 cm³/mol. The van der Waals surface area contributed by atoms with Crippen LogP contribution in [-0.4, -0.2) is 14.5 Å². The zero-order valence-corrected chi connectivity index (χ0v) is 23.8. The van der Waals surface area contributed by atoms with E-state index in [1.165, 1.54) is 108 Å². The molecule has 6 rings (SSSR count). The number of hydrogen-bond donors (Lipinski definition) is 0. The number of benzene rings is 3. The minimum absolute atomic E-state index is 0.408. The summed E-state index contributed by atoms with van der Waals surface area (Å²) in [4.78, 5) is 2.98. The molecule has 0 spiro atoms. The second-order valence-electron chi connectivity index (χ2n) is 9.85. The molecule has 0 saturated heterocycles. The van der Waals surface area contributed by atoms with Crippen LogP contribution in [0.2, 0.25) is 0 Å². The fourth-order valence-corrected chi connectivity index (χ4v) is 9.64. The fraction of sp³-hybridized carbons (Fsp3) is 0.312. The molecule has 0 N–H and O–H groups in total. The fourth-order valence-electron chi connectivity index (χ4n) is 5.23. The Morgan fingerprint density at radius 1 is 0.657 bits per heavy atom. The first-order valence-electron chi connectivity index (χ1n) is 13.1. The maximum atomic E-state index is 2.45. The van der Waals surface area contributed by atoms with Crippen molar-refractivity contribution in [3.05, 3.63) is 70.9 Å². The van der Waals surface area contributed by atoms with Gasteiger partial charge in [-0.25, -0.2) is 0 Å². The van der Waals surface area contributed by atoms with Crippen molar-refractivity contribution >= 4 is 78.5 Å². The van der Waals surface area contributed by atoms with Crippen molar-refractivity contribution in [2.24, 2.45) is 0 Å². The van der Waals surface area contributed by atoms with E-state index in [0.717, 1.165) is 0 Å². The van der Waals surface area contributed by atoms with Crippen LogP contribution in [0, 0.1) is 0 Å². The third kappa shape index (κ3) is 5.16. The molecular formula is C32H32S2Se. The van der Waals surface area contributed by atoms with Crippen LogP contribution in [0.25, 0.3) is 50.6 Å². The van der Waals surface area contributed by atoms with Crippen LogP contribution in [0.5, 0.6) is 0 Å². The van der Waals surface area contributed by atoms with Gasteiger partial charge in [0.05, 0.1) is 0 Å². The van der Waals surface area contributed by atoms with Crippen LogP contribution in [-0.2, 0) is 6.42 Å². The number of hydrogen-bond acceptors (Lipinski definition) is 2. The van der Waals surface area contributed by atoms with Crippen LogP contribution in [0.1, 0.15) is 63.2 Å². The molecule has 3 heterocycles. The van der Waals surface area contributed by atoms with Crippen molar-refractivity contribution in [1.29, 1.82) is 0 Å². The summed E-state index contributed by atoms with van der Waals surface area (Å²) in [5.74, 6) is 0. The average Bonchev–Trinajstić information content (AvgIpc) is 3.60. The third-order valence-corrected chi connectivity index (χ3v) is 11.9. The zero-order chi connectivity index (χ0) is 23.6. The minimum atomic E-state index is 0.408. The summed E-state index contributed by atoms with van der Waals surface area (Å²) in [5, 5.41) is 10.5. The molecule has 0 radical (unpaired) electrons. The SMILES string of the molecule is CCCCCCCCCCc1cc2cc3cc4cc5[se]c(-c6cccs6)cc5cc4cc3cc2s1. The van der Waals surface area contributed by atoms with E-state index in [0.29, 0.717) is 14.5 Å². The van der Waals surface area contributed by atoms with E-state index in [1.54, 1.807) is 4.88 Å². The van der Waals surface area contributed by atoms with Gasteiger partial charge in [0.2, 0.25) is 0 Å². The first-order valence-corrected chi connectivity index (χ1v) is 16.6. The Bertz CT molecular complexity index is 1490. The molecule has 0 aliphatic carbocycles. The van der Waals surface area contributed by atoms with Crippen LogP contribution >= 0.6 is 22.7 Å². The van der Waals surface area contributed by atoms with Gasteiger partial charge < -0.3 is 0 Å². The van der Waals surface area contributed by atoms with Crippen molar-refractivity contribution in [1.82, 2.24) is 0 Å². The van der Waals surface area contributed by atoms with Crippen molar-refractivity contribution < 1.29 is 0 Å². The van der Waals surface area contributed by atoms with Crippen molar-refractivity contribution in [3.8, 4) is 9.31 Å². The molecule has 0 atom stereocenters. The Balaban J connectivity index is 1.21. The van der Waals surface area contributed by atoms with Gasteiger partial charge in [-0.3, -0.25) is 0 Å². The number of fused-ring (bicyclic) bond motifs is 4. The summed E-state index contributed by atoms with van der Waals surface area (Å²) in [6.07, 6.45) is 12.4.